The molecule has 1 atom stereocenters. The number of rotatable bonds is 10. The number of esters is 1. The minimum absolute atomic E-state index is 0.0470. The van der Waals surface area contributed by atoms with Crippen LogP contribution in [0, 0.1) is 0 Å². The molecule has 1 amide bonds. The first kappa shape index (κ1) is 22.9. The zero-order valence-electron chi connectivity index (χ0n) is 17.6. The number of guanidine groups is 1. The van der Waals surface area contributed by atoms with Crippen LogP contribution in [0.3, 0.4) is 0 Å². The van der Waals surface area contributed by atoms with E-state index < -0.39 is 5.97 Å². The van der Waals surface area contributed by atoms with Crippen LogP contribution >= 0.6 is 0 Å². The van der Waals surface area contributed by atoms with Crippen molar-refractivity contribution in [1.82, 2.24) is 5.32 Å². The van der Waals surface area contributed by atoms with Gasteiger partial charge >= 0.3 is 5.97 Å². The standard InChI is InChI=1S/C23H30N4O3/c1-3-5-14-26-21(28)15-16(4-2)17-8-12-20(13-9-17)30-22(29)18-6-10-19(11-7-18)27-23(24)25/h6-13,16H,3-5,14-15H2,1-2H3,(H,26,28)(H4,24,25,27). The summed E-state index contributed by atoms with van der Waals surface area (Å²) in [6.07, 6.45) is 3.33. The van der Waals surface area contributed by atoms with E-state index in [1.807, 2.05) is 12.1 Å². The fourth-order valence-electron chi connectivity index (χ4n) is 2.99. The van der Waals surface area contributed by atoms with Gasteiger partial charge in [-0.1, -0.05) is 32.4 Å². The highest BCUT2D eigenvalue weighted by Gasteiger charge is 2.15. The summed E-state index contributed by atoms with van der Waals surface area (Å²) in [4.78, 5) is 28.4. The summed E-state index contributed by atoms with van der Waals surface area (Å²) in [6.45, 7) is 4.87. The maximum absolute atomic E-state index is 12.3. The number of hydrogen-bond donors (Lipinski definition) is 3. The number of benzene rings is 2. The number of carbonyl (C=O) groups is 2. The molecule has 1 unspecified atom stereocenters. The lowest BCUT2D eigenvalue weighted by Gasteiger charge is -2.15. The van der Waals surface area contributed by atoms with Gasteiger partial charge in [0.15, 0.2) is 5.96 Å². The second-order valence-electron chi connectivity index (χ2n) is 7.05. The molecule has 2 rings (SSSR count). The molecule has 0 aliphatic rings. The second kappa shape index (κ2) is 11.6. The van der Waals surface area contributed by atoms with Crippen LogP contribution in [-0.4, -0.2) is 24.4 Å². The third kappa shape index (κ3) is 7.24. The smallest absolute Gasteiger partial charge is 0.343 e. The van der Waals surface area contributed by atoms with Gasteiger partial charge in [0.05, 0.1) is 11.3 Å². The summed E-state index contributed by atoms with van der Waals surface area (Å²) >= 11 is 0. The van der Waals surface area contributed by atoms with Crippen molar-refractivity contribution in [3.05, 3.63) is 59.7 Å². The molecule has 160 valence electrons. The van der Waals surface area contributed by atoms with Crippen LogP contribution in [0.15, 0.2) is 53.5 Å². The Bertz CT molecular complexity index is 857. The van der Waals surface area contributed by atoms with Crippen LogP contribution in [0.1, 0.15) is 61.4 Å². The highest BCUT2D eigenvalue weighted by Crippen LogP contribution is 2.26. The Hall–Kier alpha value is -3.35. The van der Waals surface area contributed by atoms with E-state index >= 15 is 0 Å². The van der Waals surface area contributed by atoms with Gasteiger partial charge in [0.1, 0.15) is 5.75 Å². The van der Waals surface area contributed by atoms with Crippen molar-refractivity contribution in [2.75, 3.05) is 6.54 Å². The molecule has 0 radical (unpaired) electrons. The van der Waals surface area contributed by atoms with Gasteiger partial charge in [-0.05, 0) is 60.7 Å². The SMILES string of the molecule is CCCCNC(=O)CC(CC)c1ccc(OC(=O)c2ccc(N=C(N)N)cc2)cc1. The van der Waals surface area contributed by atoms with Crippen LogP contribution in [0.25, 0.3) is 0 Å². The molecule has 7 nitrogen and oxygen atoms in total. The van der Waals surface area contributed by atoms with E-state index in [0.717, 1.165) is 24.8 Å². The van der Waals surface area contributed by atoms with E-state index in [4.69, 9.17) is 16.2 Å². The van der Waals surface area contributed by atoms with E-state index in [-0.39, 0.29) is 17.8 Å². The van der Waals surface area contributed by atoms with Gasteiger partial charge in [-0.2, -0.15) is 0 Å². The van der Waals surface area contributed by atoms with E-state index in [1.54, 1.807) is 36.4 Å². The lowest BCUT2D eigenvalue weighted by Crippen LogP contribution is -2.25. The number of unbranched alkanes of at least 4 members (excludes halogenated alkanes) is 1. The Morgan fingerprint density at radius 1 is 1.03 bits per heavy atom. The van der Waals surface area contributed by atoms with Crippen molar-refractivity contribution in [3.63, 3.8) is 0 Å². The first-order chi connectivity index (χ1) is 14.4. The predicted octanol–water partition coefficient (Wildman–Crippen LogP) is 3.61. The largest absolute Gasteiger partial charge is 0.423 e. The molecule has 0 bridgehead atoms. The minimum atomic E-state index is -0.471. The summed E-state index contributed by atoms with van der Waals surface area (Å²) in [6, 6.07) is 13.8. The predicted molar refractivity (Wildman–Crippen MR) is 119 cm³/mol. The summed E-state index contributed by atoms with van der Waals surface area (Å²) in [5.74, 6) is 0.115. The number of ether oxygens (including phenoxy) is 1. The summed E-state index contributed by atoms with van der Waals surface area (Å²) in [7, 11) is 0. The lowest BCUT2D eigenvalue weighted by atomic mass is 9.93. The van der Waals surface area contributed by atoms with Gasteiger partial charge in [0.2, 0.25) is 5.91 Å². The zero-order chi connectivity index (χ0) is 21.9. The molecule has 2 aromatic rings. The van der Waals surface area contributed by atoms with Crippen molar-refractivity contribution in [2.45, 2.75) is 45.4 Å². The number of carbonyl (C=O) groups excluding carboxylic acids is 2. The third-order valence-electron chi connectivity index (χ3n) is 4.70. The molecule has 0 saturated carbocycles. The van der Waals surface area contributed by atoms with Gasteiger partial charge in [-0.3, -0.25) is 4.79 Å². The monoisotopic (exact) mass is 410 g/mol. The number of nitrogens with two attached hydrogens (primary N) is 2. The molecular weight excluding hydrogens is 380 g/mol. The van der Waals surface area contributed by atoms with E-state index in [0.29, 0.717) is 30.0 Å². The molecule has 0 aliphatic carbocycles. The Labute approximate surface area is 177 Å². The third-order valence-corrected chi connectivity index (χ3v) is 4.70. The summed E-state index contributed by atoms with van der Waals surface area (Å²) in [5, 5.41) is 2.96. The first-order valence-electron chi connectivity index (χ1n) is 10.2. The number of hydrogen-bond acceptors (Lipinski definition) is 4. The van der Waals surface area contributed by atoms with Crippen molar-refractivity contribution < 1.29 is 14.3 Å². The average Bonchev–Trinajstić information content (AvgIpc) is 2.73. The van der Waals surface area contributed by atoms with Gasteiger partial charge in [0, 0.05) is 13.0 Å². The lowest BCUT2D eigenvalue weighted by molar-refractivity contribution is -0.121. The van der Waals surface area contributed by atoms with Crippen molar-refractivity contribution in [2.24, 2.45) is 16.5 Å². The van der Waals surface area contributed by atoms with Gasteiger partial charge in [-0.25, -0.2) is 9.79 Å². The van der Waals surface area contributed by atoms with E-state index in [9.17, 15) is 9.59 Å². The second-order valence-corrected chi connectivity index (χ2v) is 7.05. The van der Waals surface area contributed by atoms with Crippen LogP contribution in [0.4, 0.5) is 5.69 Å². The van der Waals surface area contributed by atoms with E-state index in [2.05, 4.69) is 24.2 Å². The van der Waals surface area contributed by atoms with Crippen molar-refractivity contribution in [1.29, 1.82) is 0 Å². The fraction of sp³-hybridized carbons (Fsp3) is 0.348. The molecule has 0 aliphatic heterocycles. The highest BCUT2D eigenvalue weighted by molar-refractivity contribution is 5.91. The number of nitrogens with one attached hydrogen (secondary N) is 1. The van der Waals surface area contributed by atoms with Crippen LogP contribution in [0.5, 0.6) is 5.75 Å². The topological polar surface area (TPSA) is 120 Å². The Morgan fingerprint density at radius 3 is 2.27 bits per heavy atom. The molecular formula is C23H30N4O3. The molecule has 0 spiro atoms. The average molecular weight is 411 g/mol. The van der Waals surface area contributed by atoms with Gasteiger partial charge in [0.25, 0.3) is 0 Å². The first-order valence-corrected chi connectivity index (χ1v) is 10.2. The fourth-order valence-corrected chi connectivity index (χ4v) is 2.99. The van der Waals surface area contributed by atoms with Crippen LogP contribution in [0.2, 0.25) is 0 Å². The van der Waals surface area contributed by atoms with Crippen LogP contribution < -0.4 is 21.5 Å². The molecule has 7 heteroatoms. The Kier molecular flexibility index (Phi) is 8.87. The quantitative estimate of drug-likeness (QED) is 0.182. The Balaban J connectivity index is 1.96. The minimum Gasteiger partial charge on any atom is -0.423 e. The summed E-state index contributed by atoms with van der Waals surface area (Å²) in [5.41, 5.74) is 12.7. The summed E-state index contributed by atoms with van der Waals surface area (Å²) < 4.78 is 5.43. The molecule has 0 fully saturated rings. The van der Waals surface area contributed by atoms with Gasteiger partial charge < -0.3 is 21.5 Å². The molecule has 0 aromatic heterocycles. The van der Waals surface area contributed by atoms with Crippen LogP contribution in [-0.2, 0) is 4.79 Å². The normalized spacial score (nSPS) is 11.4. The van der Waals surface area contributed by atoms with Crippen molar-refractivity contribution >= 4 is 23.5 Å². The number of nitrogens with zero attached hydrogens (tertiary/aromatic N) is 1. The molecule has 0 saturated heterocycles. The maximum Gasteiger partial charge on any atom is 0.343 e. The van der Waals surface area contributed by atoms with Crippen molar-refractivity contribution in [3.8, 4) is 5.75 Å². The molecule has 30 heavy (non-hydrogen) atoms. The Morgan fingerprint density at radius 2 is 1.70 bits per heavy atom. The molecule has 2 aromatic carbocycles. The maximum atomic E-state index is 12.3. The highest BCUT2D eigenvalue weighted by atomic mass is 16.5. The van der Waals surface area contributed by atoms with Gasteiger partial charge in [-0.15, -0.1) is 0 Å². The number of amides is 1. The number of aliphatic imine (C=N–C) groups is 1. The molecule has 5 N–H and O–H groups in total. The molecule has 0 heterocycles. The zero-order valence-corrected chi connectivity index (χ0v) is 17.6. The van der Waals surface area contributed by atoms with E-state index in [1.165, 1.54) is 0 Å².